The molecule has 0 aliphatic rings. The van der Waals surface area contributed by atoms with E-state index in [0.29, 0.717) is 0 Å². The largest absolute Gasteiger partial charge is 0.317 e. The summed E-state index contributed by atoms with van der Waals surface area (Å²) < 4.78 is 0. The lowest BCUT2D eigenvalue weighted by atomic mass is 10.1. The molecular formula is C17H35N. The number of hydrogen-bond donors (Lipinski definition) is 1. The number of nitrogens with one attached hydrogen (secondary N) is 1. The van der Waals surface area contributed by atoms with Crippen LogP contribution in [0.25, 0.3) is 0 Å². The summed E-state index contributed by atoms with van der Waals surface area (Å²) in [4.78, 5) is 0. The molecule has 0 amide bonds. The van der Waals surface area contributed by atoms with E-state index in [0.717, 1.165) is 0 Å². The van der Waals surface area contributed by atoms with Crippen molar-refractivity contribution in [3.8, 4) is 0 Å². The highest BCUT2D eigenvalue weighted by Gasteiger charge is 1.92. The Balaban J connectivity index is 2.88. The minimum Gasteiger partial charge on any atom is -0.317 e. The lowest BCUT2D eigenvalue weighted by Gasteiger charge is -2.04. The Kier molecular flexibility index (Phi) is 16.4. The first-order chi connectivity index (χ1) is 8.91. The molecule has 1 heteroatoms. The van der Waals surface area contributed by atoms with Crippen molar-refractivity contribution in [1.29, 1.82) is 0 Å². The molecule has 0 aromatic carbocycles. The first-order valence-electron chi connectivity index (χ1n) is 8.23. The Morgan fingerprint density at radius 3 is 1.78 bits per heavy atom. The summed E-state index contributed by atoms with van der Waals surface area (Å²) in [7, 11) is 0. The Labute approximate surface area is 115 Å². The van der Waals surface area contributed by atoms with Gasteiger partial charge in [0.05, 0.1) is 0 Å². The molecule has 0 atom stereocenters. The van der Waals surface area contributed by atoms with Gasteiger partial charge in [-0.2, -0.15) is 0 Å². The molecule has 1 N–H and O–H groups in total. The summed E-state index contributed by atoms with van der Waals surface area (Å²) in [6.45, 7) is 8.46. The molecule has 0 fully saturated rings. The molecule has 0 radical (unpaired) electrons. The van der Waals surface area contributed by atoms with Crippen LogP contribution < -0.4 is 5.32 Å². The Bertz CT molecular complexity index is 154. The van der Waals surface area contributed by atoms with Gasteiger partial charge in [0.2, 0.25) is 0 Å². The van der Waals surface area contributed by atoms with Crippen LogP contribution in [-0.4, -0.2) is 13.1 Å². The topological polar surface area (TPSA) is 12.0 Å². The number of allylic oxidation sites excluding steroid dienone is 1. The highest BCUT2D eigenvalue weighted by Crippen LogP contribution is 2.09. The molecule has 0 aromatic rings. The predicted octanol–water partition coefficient (Wildman–Crippen LogP) is 5.46. The molecule has 18 heavy (non-hydrogen) atoms. The monoisotopic (exact) mass is 253 g/mol. The van der Waals surface area contributed by atoms with Gasteiger partial charge in [0.25, 0.3) is 0 Å². The van der Waals surface area contributed by atoms with Crippen molar-refractivity contribution in [1.82, 2.24) is 5.32 Å². The molecule has 0 aromatic heterocycles. The molecule has 0 unspecified atom stereocenters. The Morgan fingerprint density at radius 2 is 1.22 bits per heavy atom. The van der Waals surface area contributed by atoms with Crippen LogP contribution >= 0.6 is 0 Å². The van der Waals surface area contributed by atoms with Gasteiger partial charge in [-0.1, -0.05) is 64.4 Å². The third kappa shape index (κ3) is 15.7. The minimum absolute atomic E-state index is 1.20. The fraction of sp³-hybridized carbons (Fsp3) is 0.882. The molecule has 0 aliphatic heterocycles. The van der Waals surface area contributed by atoms with E-state index in [9.17, 15) is 0 Å². The first-order valence-corrected chi connectivity index (χ1v) is 8.23. The SMILES string of the molecule is C=CCCCCCCCCCCNCCCCC. The van der Waals surface area contributed by atoms with Crippen molar-refractivity contribution in [2.24, 2.45) is 0 Å². The summed E-state index contributed by atoms with van der Waals surface area (Å²) in [5.74, 6) is 0. The molecule has 0 spiro atoms. The van der Waals surface area contributed by atoms with Crippen molar-refractivity contribution in [2.75, 3.05) is 13.1 Å². The molecule has 108 valence electrons. The lowest BCUT2D eigenvalue weighted by molar-refractivity contribution is 0.543. The molecule has 0 bridgehead atoms. The van der Waals surface area contributed by atoms with E-state index in [1.807, 2.05) is 6.08 Å². The average molecular weight is 253 g/mol. The van der Waals surface area contributed by atoms with Gasteiger partial charge in [0, 0.05) is 0 Å². The van der Waals surface area contributed by atoms with E-state index in [4.69, 9.17) is 0 Å². The van der Waals surface area contributed by atoms with E-state index in [-0.39, 0.29) is 0 Å². The van der Waals surface area contributed by atoms with Gasteiger partial charge < -0.3 is 5.32 Å². The average Bonchev–Trinajstić information content (AvgIpc) is 2.39. The van der Waals surface area contributed by atoms with Gasteiger partial charge in [-0.05, 0) is 38.8 Å². The van der Waals surface area contributed by atoms with E-state index >= 15 is 0 Å². The lowest BCUT2D eigenvalue weighted by Crippen LogP contribution is -2.16. The van der Waals surface area contributed by atoms with Crippen LogP contribution in [0.5, 0.6) is 0 Å². The maximum absolute atomic E-state index is 3.75. The summed E-state index contributed by atoms with van der Waals surface area (Å²) in [6, 6.07) is 0. The standard InChI is InChI=1S/C17H35N/c1-3-5-7-8-9-10-11-12-13-15-17-18-16-14-6-4-2/h3,18H,1,4-17H2,2H3. The Hall–Kier alpha value is -0.300. The van der Waals surface area contributed by atoms with E-state index in [2.05, 4.69) is 18.8 Å². The first kappa shape index (κ1) is 17.7. The second-order valence-electron chi connectivity index (χ2n) is 5.36. The smallest absolute Gasteiger partial charge is 0.00489 e. The van der Waals surface area contributed by atoms with Crippen molar-refractivity contribution in [2.45, 2.75) is 84.0 Å². The van der Waals surface area contributed by atoms with Gasteiger partial charge in [0.15, 0.2) is 0 Å². The molecule has 0 saturated carbocycles. The second kappa shape index (κ2) is 16.7. The number of hydrogen-bond acceptors (Lipinski definition) is 1. The van der Waals surface area contributed by atoms with Crippen LogP contribution in [-0.2, 0) is 0 Å². The maximum atomic E-state index is 3.75. The molecule has 0 rings (SSSR count). The fourth-order valence-electron chi connectivity index (χ4n) is 2.22. The zero-order chi connectivity index (χ0) is 13.3. The van der Waals surface area contributed by atoms with Crippen molar-refractivity contribution in [3.63, 3.8) is 0 Å². The Morgan fingerprint density at radius 1 is 0.722 bits per heavy atom. The van der Waals surface area contributed by atoms with Gasteiger partial charge >= 0.3 is 0 Å². The van der Waals surface area contributed by atoms with Crippen molar-refractivity contribution >= 4 is 0 Å². The highest BCUT2D eigenvalue weighted by molar-refractivity contribution is 4.65. The minimum atomic E-state index is 1.20. The molecule has 1 nitrogen and oxygen atoms in total. The van der Waals surface area contributed by atoms with Crippen LogP contribution in [0.1, 0.15) is 84.0 Å². The van der Waals surface area contributed by atoms with Gasteiger partial charge in [-0.25, -0.2) is 0 Å². The highest BCUT2D eigenvalue weighted by atomic mass is 14.8. The molecular weight excluding hydrogens is 218 g/mol. The van der Waals surface area contributed by atoms with Crippen LogP contribution in [0.3, 0.4) is 0 Å². The summed E-state index contributed by atoms with van der Waals surface area (Å²) >= 11 is 0. The molecule has 0 saturated heterocycles. The third-order valence-corrected chi connectivity index (χ3v) is 3.47. The summed E-state index contributed by atoms with van der Waals surface area (Å²) in [5, 5.41) is 3.54. The van der Waals surface area contributed by atoms with Crippen LogP contribution in [0, 0.1) is 0 Å². The van der Waals surface area contributed by atoms with E-state index < -0.39 is 0 Å². The fourth-order valence-corrected chi connectivity index (χ4v) is 2.22. The van der Waals surface area contributed by atoms with Crippen LogP contribution in [0.2, 0.25) is 0 Å². The van der Waals surface area contributed by atoms with E-state index in [1.165, 1.54) is 90.1 Å². The third-order valence-electron chi connectivity index (χ3n) is 3.47. The molecule has 0 heterocycles. The zero-order valence-electron chi connectivity index (χ0n) is 12.7. The van der Waals surface area contributed by atoms with Gasteiger partial charge in [0.1, 0.15) is 0 Å². The predicted molar refractivity (Wildman–Crippen MR) is 84.1 cm³/mol. The second-order valence-corrected chi connectivity index (χ2v) is 5.36. The summed E-state index contributed by atoms with van der Waals surface area (Å²) in [6.07, 6.45) is 18.5. The number of rotatable bonds is 15. The maximum Gasteiger partial charge on any atom is -0.00489 e. The zero-order valence-corrected chi connectivity index (χ0v) is 12.7. The van der Waals surface area contributed by atoms with Crippen LogP contribution in [0.4, 0.5) is 0 Å². The molecule has 0 aliphatic carbocycles. The van der Waals surface area contributed by atoms with E-state index in [1.54, 1.807) is 0 Å². The summed E-state index contributed by atoms with van der Waals surface area (Å²) in [5.41, 5.74) is 0. The van der Waals surface area contributed by atoms with Crippen molar-refractivity contribution < 1.29 is 0 Å². The quantitative estimate of drug-likeness (QED) is 0.302. The number of unbranched alkanes of at least 4 members (excludes halogenated alkanes) is 10. The normalized spacial score (nSPS) is 10.7. The van der Waals surface area contributed by atoms with Crippen molar-refractivity contribution in [3.05, 3.63) is 12.7 Å². The van der Waals surface area contributed by atoms with Gasteiger partial charge in [-0.3, -0.25) is 0 Å². The van der Waals surface area contributed by atoms with Crippen LogP contribution in [0.15, 0.2) is 12.7 Å². The van der Waals surface area contributed by atoms with Gasteiger partial charge in [-0.15, -0.1) is 6.58 Å².